The summed E-state index contributed by atoms with van der Waals surface area (Å²) in [5.41, 5.74) is 2.22. The van der Waals surface area contributed by atoms with Crippen molar-refractivity contribution >= 4 is 40.0 Å². The van der Waals surface area contributed by atoms with Gasteiger partial charge in [0.15, 0.2) is 0 Å². The number of aromatic nitrogens is 2. The number of amides is 1. The second kappa shape index (κ2) is 11.2. The Morgan fingerprint density at radius 1 is 1.25 bits per heavy atom. The second-order valence-electron chi connectivity index (χ2n) is 8.70. The van der Waals surface area contributed by atoms with E-state index in [9.17, 15) is 4.79 Å². The van der Waals surface area contributed by atoms with Gasteiger partial charge in [0.25, 0.3) is 0 Å². The highest BCUT2D eigenvalue weighted by molar-refractivity contribution is 6.41. The van der Waals surface area contributed by atoms with Gasteiger partial charge in [-0.2, -0.15) is 5.26 Å². The zero-order valence-corrected chi connectivity index (χ0v) is 21.6. The molecular weight excluding hydrogens is 499 g/mol. The van der Waals surface area contributed by atoms with Crippen molar-refractivity contribution in [3.05, 3.63) is 59.0 Å². The Labute approximate surface area is 220 Å². The van der Waals surface area contributed by atoms with Crippen LogP contribution in [0, 0.1) is 17.2 Å². The Hall–Kier alpha value is -3.34. The summed E-state index contributed by atoms with van der Waals surface area (Å²) >= 11 is 13.2. The summed E-state index contributed by atoms with van der Waals surface area (Å²) in [6, 6.07) is 9.54. The van der Waals surface area contributed by atoms with Crippen LogP contribution in [0.1, 0.15) is 25.1 Å². The fourth-order valence-electron chi connectivity index (χ4n) is 4.73. The minimum absolute atomic E-state index is 0.0599. The molecule has 1 aromatic heterocycles. The quantitative estimate of drug-likeness (QED) is 0.342. The third kappa shape index (κ3) is 5.11. The molecule has 0 aliphatic carbocycles. The number of hydrogen-bond donors (Lipinski definition) is 0. The van der Waals surface area contributed by atoms with Gasteiger partial charge in [0.2, 0.25) is 5.91 Å². The van der Waals surface area contributed by atoms with E-state index in [1.165, 1.54) is 20.3 Å². The number of halogens is 2. The third-order valence-corrected chi connectivity index (χ3v) is 7.30. The van der Waals surface area contributed by atoms with Crippen molar-refractivity contribution in [1.82, 2.24) is 14.9 Å². The van der Waals surface area contributed by atoms with Gasteiger partial charge in [-0.15, -0.1) is 0 Å². The summed E-state index contributed by atoms with van der Waals surface area (Å²) in [5.74, 6) is 1.85. The molecule has 1 fully saturated rings. The summed E-state index contributed by atoms with van der Waals surface area (Å²) in [6.07, 6.45) is 5.76. The first-order valence-electron chi connectivity index (χ1n) is 11.6. The molecule has 2 aromatic carbocycles. The van der Waals surface area contributed by atoms with E-state index in [4.69, 9.17) is 42.9 Å². The smallest absolute Gasteiger partial charge is 0.246 e. The van der Waals surface area contributed by atoms with Crippen LogP contribution in [0.3, 0.4) is 0 Å². The maximum atomic E-state index is 12.2. The summed E-state index contributed by atoms with van der Waals surface area (Å²) in [5, 5.41) is 10.8. The molecule has 36 heavy (non-hydrogen) atoms. The molecule has 3 aromatic rings. The predicted molar refractivity (Wildman–Crippen MR) is 140 cm³/mol. The maximum Gasteiger partial charge on any atom is 0.246 e. The van der Waals surface area contributed by atoms with Gasteiger partial charge in [-0.25, -0.2) is 9.97 Å². The van der Waals surface area contributed by atoms with E-state index in [0.29, 0.717) is 52.4 Å². The third-order valence-electron chi connectivity index (χ3n) is 6.55. The number of methoxy groups -OCH3 is 2. The van der Waals surface area contributed by atoms with E-state index < -0.39 is 0 Å². The number of rotatable bonds is 8. The summed E-state index contributed by atoms with van der Waals surface area (Å²) < 4.78 is 10.8. The monoisotopic (exact) mass is 524 g/mol. The van der Waals surface area contributed by atoms with Crippen LogP contribution in [0.4, 0.5) is 0 Å². The number of fused-ring (bicyclic) bond motifs is 1. The lowest BCUT2D eigenvalue weighted by molar-refractivity contribution is -0.126. The van der Waals surface area contributed by atoms with Crippen molar-refractivity contribution in [1.29, 1.82) is 5.26 Å². The van der Waals surface area contributed by atoms with Gasteiger partial charge < -0.3 is 14.4 Å². The van der Waals surface area contributed by atoms with Crippen molar-refractivity contribution < 1.29 is 14.3 Å². The van der Waals surface area contributed by atoms with Crippen molar-refractivity contribution in [3.8, 4) is 28.7 Å². The average molecular weight is 525 g/mol. The molecule has 0 bridgehead atoms. The Kier molecular flexibility index (Phi) is 7.97. The molecule has 186 valence electrons. The van der Waals surface area contributed by atoms with Crippen molar-refractivity contribution in [3.63, 3.8) is 0 Å². The highest BCUT2D eigenvalue weighted by atomic mass is 35.5. The molecular formula is C27H26Cl2N4O3. The van der Waals surface area contributed by atoms with E-state index in [-0.39, 0.29) is 11.9 Å². The van der Waals surface area contributed by atoms with E-state index >= 15 is 0 Å². The number of ether oxygens (including phenoxy) is 2. The standard InChI is InChI=1S/C27H26Cl2N4O3/c1-4-24(34)33-15-16(11-19(33)9-10-30)5-8-23-31-14-18-12-17(6-7-20(18)32-23)25-26(28)21(35-2)13-22(36-3)27(25)29/h4,6-7,12-14,16,19H,1,5,8-9,11,15H2,2-3H3/t16-,19+/m0/s1. The Morgan fingerprint density at radius 2 is 1.97 bits per heavy atom. The van der Waals surface area contributed by atoms with Crippen LogP contribution in [-0.2, 0) is 11.2 Å². The van der Waals surface area contributed by atoms with E-state index in [1.54, 1.807) is 17.2 Å². The molecule has 2 heterocycles. The van der Waals surface area contributed by atoms with E-state index in [1.807, 2.05) is 18.2 Å². The Bertz CT molecular complexity index is 1330. The van der Waals surface area contributed by atoms with Gasteiger partial charge in [-0.3, -0.25) is 4.79 Å². The molecule has 0 radical (unpaired) electrons. The molecule has 0 N–H and O–H groups in total. The molecule has 7 nitrogen and oxygen atoms in total. The largest absolute Gasteiger partial charge is 0.495 e. The van der Waals surface area contributed by atoms with E-state index in [2.05, 4.69) is 17.6 Å². The summed E-state index contributed by atoms with van der Waals surface area (Å²) in [6.45, 7) is 4.20. The minimum Gasteiger partial charge on any atom is -0.495 e. The van der Waals surface area contributed by atoms with E-state index in [0.717, 1.165) is 35.1 Å². The van der Waals surface area contributed by atoms with Gasteiger partial charge in [0, 0.05) is 42.2 Å². The first kappa shape index (κ1) is 25.7. The second-order valence-corrected chi connectivity index (χ2v) is 9.45. The fraction of sp³-hybridized carbons (Fsp3) is 0.333. The lowest BCUT2D eigenvalue weighted by atomic mass is 9.98. The lowest BCUT2D eigenvalue weighted by Gasteiger charge is -2.20. The number of hydrogen-bond acceptors (Lipinski definition) is 6. The maximum absolute atomic E-state index is 12.2. The number of aryl methyl sites for hydroxylation is 1. The van der Waals surface area contributed by atoms with Crippen molar-refractivity contribution in [2.45, 2.75) is 31.7 Å². The molecule has 4 rings (SSSR count). The average Bonchev–Trinajstić information content (AvgIpc) is 3.30. The number of likely N-dealkylation sites (tertiary alicyclic amines) is 1. The first-order chi connectivity index (χ1) is 17.4. The zero-order chi connectivity index (χ0) is 25.8. The molecule has 1 amide bonds. The molecule has 1 saturated heterocycles. The summed E-state index contributed by atoms with van der Waals surface area (Å²) in [4.78, 5) is 23.2. The van der Waals surface area contributed by atoms with Crippen LogP contribution in [0.5, 0.6) is 11.5 Å². The molecule has 9 heteroatoms. The van der Waals surface area contributed by atoms with Crippen LogP contribution in [0.2, 0.25) is 10.0 Å². The zero-order valence-electron chi connectivity index (χ0n) is 20.1. The molecule has 0 unspecified atom stereocenters. The van der Waals surface area contributed by atoms with Gasteiger partial charge in [-0.05, 0) is 42.5 Å². The van der Waals surface area contributed by atoms with Gasteiger partial charge >= 0.3 is 0 Å². The molecule has 0 spiro atoms. The number of carbonyl (C=O) groups excluding carboxylic acids is 1. The van der Waals surface area contributed by atoms with Crippen molar-refractivity contribution in [2.24, 2.45) is 5.92 Å². The number of nitriles is 1. The van der Waals surface area contributed by atoms with Crippen LogP contribution < -0.4 is 9.47 Å². The Morgan fingerprint density at radius 3 is 2.61 bits per heavy atom. The molecule has 0 saturated carbocycles. The van der Waals surface area contributed by atoms with Crippen LogP contribution in [-0.4, -0.2) is 47.6 Å². The van der Waals surface area contributed by atoms with Crippen LogP contribution in [0.15, 0.2) is 43.1 Å². The number of nitrogens with zero attached hydrogens (tertiary/aromatic N) is 4. The fourth-order valence-corrected chi connectivity index (χ4v) is 5.45. The highest BCUT2D eigenvalue weighted by Crippen LogP contribution is 2.46. The molecule has 1 aliphatic heterocycles. The highest BCUT2D eigenvalue weighted by Gasteiger charge is 2.33. The Balaban J connectivity index is 1.53. The number of carbonyl (C=O) groups is 1. The lowest BCUT2D eigenvalue weighted by Crippen LogP contribution is -2.34. The normalized spacial score (nSPS) is 17.1. The van der Waals surface area contributed by atoms with Crippen LogP contribution >= 0.6 is 23.2 Å². The van der Waals surface area contributed by atoms with Crippen molar-refractivity contribution in [2.75, 3.05) is 20.8 Å². The topological polar surface area (TPSA) is 88.3 Å². The molecule has 2 atom stereocenters. The van der Waals surface area contributed by atoms with Gasteiger partial charge in [0.05, 0.1) is 42.3 Å². The predicted octanol–water partition coefficient (Wildman–Crippen LogP) is 5.87. The van der Waals surface area contributed by atoms with Crippen LogP contribution in [0.25, 0.3) is 22.0 Å². The molecule has 1 aliphatic rings. The SMILES string of the molecule is C=CC(=O)N1C[C@@H](CCc2ncc3cc(-c4c(Cl)c(OC)cc(OC)c4Cl)ccc3n2)C[C@H]1CC#N. The number of benzene rings is 2. The minimum atomic E-state index is -0.121. The van der Waals surface area contributed by atoms with Gasteiger partial charge in [0.1, 0.15) is 17.3 Å². The first-order valence-corrected chi connectivity index (χ1v) is 12.3. The van der Waals surface area contributed by atoms with Gasteiger partial charge in [-0.1, -0.05) is 35.8 Å². The summed E-state index contributed by atoms with van der Waals surface area (Å²) in [7, 11) is 3.08.